The predicted octanol–water partition coefficient (Wildman–Crippen LogP) is 3.27. The molecule has 1 heterocycles. The number of ether oxygens (including phenoxy) is 1. The fourth-order valence-corrected chi connectivity index (χ4v) is 3.95. The molecule has 0 N–H and O–H groups in total. The van der Waals surface area contributed by atoms with Crippen molar-refractivity contribution in [1.29, 1.82) is 0 Å². The first kappa shape index (κ1) is 18.8. The molecule has 0 saturated carbocycles. The lowest BCUT2D eigenvalue weighted by molar-refractivity contribution is -0.130. The quantitative estimate of drug-likeness (QED) is 0.749. The average Bonchev–Trinajstić information content (AvgIpc) is 2.70. The largest absolute Gasteiger partial charge is 0.497 e. The number of piperazine rings is 1. The minimum atomic E-state index is 0.253. The van der Waals surface area contributed by atoms with E-state index in [0.29, 0.717) is 5.75 Å². The van der Waals surface area contributed by atoms with Gasteiger partial charge in [-0.1, -0.05) is 42.5 Å². The molecule has 1 amide bonds. The Morgan fingerprint density at radius 1 is 0.962 bits per heavy atom. The van der Waals surface area contributed by atoms with Crippen LogP contribution in [-0.4, -0.2) is 54.7 Å². The number of nitrogens with zero attached hydrogens (tertiary/aromatic N) is 2. The van der Waals surface area contributed by atoms with E-state index in [1.807, 2.05) is 23.1 Å². The third kappa shape index (κ3) is 5.51. The summed E-state index contributed by atoms with van der Waals surface area (Å²) in [6.45, 7) is 4.52. The molecule has 4 nitrogen and oxygen atoms in total. The molecule has 2 aromatic rings. The maximum absolute atomic E-state index is 12.4. The Balaban J connectivity index is 1.36. The zero-order chi connectivity index (χ0) is 18.2. The highest BCUT2D eigenvalue weighted by atomic mass is 32.2. The van der Waals surface area contributed by atoms with Gasteiger partial charge in [-0.3, -0.25) is 9.69 Å². The van der Waals surface area contributed by atoms with Gasteiger partial charge in [0.15, 0.2) is 0 Å². The standard InChI is InChI=1S/C21H26N2O2S/c1-25-20-9-7-19(8-10-20)16-26-17-21(24)23-13-11-22(12-14-23)15-18-5-3-2-4-6-18/h2-10H,11-17H2,1H3. The monoisotopic (exact) mass is 370 g/mol. The summed E-state index contributed by atoms with van der Waals surface area (Å²) in [5.74, 6) is 2.51. The smallest absolute Gasteiger partial charge is 0.232 e. The molecular formula is C21H26N2O2S. The second-order valence-corrected chi connectivity index (χ2v) is 7.47. The minimum Gasteiger partial charge on any atom is -0.497 e. The Labute approximate surface area is 160 Å². The molecule has 26 heavy (non-hydrogen) atoms. The zero-order valence-electron chi connectivity index (χ0n) is 15.3. The highest BCUT2D eigenvalue weighted by Crippen LogP contribution is 2.17. The van der Waals surface area contributed by atoms with Crippen LogP contribution in [0, 0.1) is 0 Å². The maximum atomic E-state index is 12.4. The molecule has 5 heteroatoms. The maximum Gasteiger partial charge on any atom is 0.232 e. The van der Waals surface area contributed by atoms with Crippen LogP contribution < -0.4 is 4.74 Å². The van der Waals surface area contributed by atoms with Crippen LogP contribution in [0.15, 0.2) is 54.6 Å². The number of hydrogen-bond acceptors (Lipinski definition) is 4. The normalized spacial score (nSPS) is 15.0. The number of rotatable bonds is 7. The molecule has 0 radical (unpaired) electrons. The van der Waals surface area contributed by atoms with Gasteiger partial charge in [0.1, 0.15) is 5.75 Å². The van der Waals surface area contributed by atoms with Crippen molar-refractivity contribution in [3.05, 3.63) is 65.7 Å². The highest BCUT2D eigenvalue weighted by molar-refractivity contribution is 7.99. The van der Waals surface area contributed by atoms with E-state index in [1.54, 1.807) is 18.9 Å². The van der Waals surface area contributed by atoms with Crippen molar-refractivity contribution in [1.82, 2.24) is 9.80 Å². The topological polar surface area (TPSA) is 32.8 Å². The predicted molar refractivity (Wildman–Crippen MR) is 107 cm³/mol. The fourth-order valence-electron chi connectivity index (χ4n) is 3.07. The minimum absolute atomic E-state index is 0.253. The molecule has 0 unspecified atom stereocenters. The van der Waals surface area contributed by atoms with Gasteiger partial charge in [0.2, 0.25) is 5.91 Å². The van der Waals surface area contributed by atoms with Crippen LogP contribution in [0.25, 0.3) is 0 Å². The summed E-state index contributed by atoms with van der Waals surface area (Å²) < 4.78 is 5.17. The first-order chi connectivity index (χ1) is 12.7. The van der Waals surface area contributed by atoms with Crippen LogP contribution in [0.1, 0.15) is 11.1 Å². The second-order valence-electron chi connectivity index (χ2n) is 6.48. The molecule has 1 fully saturated rings. The summed E-state index contributed by atoms with van der Waals surface area (Å²) >= 11 is 1.68. The summed E-state index contributed by atoms with van der Waals surface area (Å²) in [5.41, 5.74) is 2.55. The van der Waals surface area contributed by atoms with E-state index in [1.165, 1.54) is 11.1 Å². The number of methoxy groups -OCH3 is 1. The van der Waals surface area contributed by atoms with Gasteiger partial charge < -0.3 is 9.64 Å². The van der Waals surface area contributed by atoms with E-state index >= 15 is 0 Å². The van der Waals surface area contributed by atoms with E-state index in [9.17, 15) is 4.79 Å². The van der Waals surface area contributed by atoms with Crippen molar-refractivity contribution >= 4 is 17.7 Å². The van der Waals surface area contributed by atoms with Crippen LogP contribution in [0.4, 0.5) is 0 Å². The van der Waals surface area contributed by atoms with Gasteiger partial charge in [-0.2, -0.15) is 0 Å². The fraction of sp³-hybridized carbons (Fsp3) is 0.381. The van der Waals surface area contributed by atoms with Gasteiger partial charge in [0.25, 0.3) is 0 Å². The summed E-state index contributed by atoms with van der Waals surface area (Å²) in [5, 5.41) is 0. The first-order valence-corrected chi connectivity index (χ1v) is 10.1. The molecule has 2 aromatic carbocycles. The summed E-state index contributed by atoms with van der Waals surface area (Å²) in [7, 11) is 1.67. The Bertz CT molecular complexity index is 683. The van der Waals surface area contributed by atoms with Crippen LogP contribution in [0.5, 0.6) is 5.75 Å². The molecular weight excluding hydrogens is 344 g/mol. The van der Waals surface area contributed by atoms with Crippen molar-refractivity contribution < 1.29 is 9.53 Å². The van der Waals surface area contributed by atoms with Gasteiger partial charge >= 0.3 is 0 Å². The van der Waals surface area contributed by atoms with Gasteiger partial charge in [-0.25, -0.2) is 0 Å². The van der Waals surface area contributed by atoms with Crippen LogP contribution in [-0.2, 0) is 17.1 Å². The lowest BCUT2D eigenvalue weighted by Crippen LogP contribution is -2.48. The van der Waals surface area contributed by atoms with E-state index in [0.717, 1.165) is 44.2 Å². The first-order valence-electron chi connectivity index (χ1n) is 8.99. The van der Waals surface area contributed by atoms with Crippen LogP contribution >= 0.6 is 11.8 Å². The second kappa shape index (κ2) is 9.64. The van der Waals surface area contributed by atoms with Gasteiger partial charge in [-0.15, -0.1) is 11.8 Å². The number of carbonyl (C=O) groups is 1. The average molecular weight is 371 g/mol. The van der Waals surface area contributed by atoms with E-state index in [-0.39, 0.29) is 5.91 Å². The van der Waals surface area contributed by atoms with Crippen molar-refractivity contribution in [3.63, 3.8) is 0 Å². The molecule has 0 atom stereocenters. The van der Waals surface area contributed by atoms with Crippen LogP contribution in [0.3, 0.4) is 0 Å². The van der Waals surface area contributed by atoms with Crippen molar-refractivity contribution in [2.24, 2.45) is 0 Å². The number of benzene rings is 2. The molecule has 1 saturated heterocycles. The van der Waals surface area contributed by atoms with Gasteiger partial charge in [-0.05, 0) is 23.3 Å². The summed E-state index contributed by atoms with van der Waals surface area (Å²) in [4.78, 5) is 16.8. The third-order valence-corrected chi connectivity index (χ3v) is 5.62. The Morgan fingerprint density at radius 3 is 2.31 bits per heavy atom. The lowest BCUT2D eigenvalue weighted by atomic mass is 10.2. The van der Waals surface area contributed by atoms with E-state index < -0.39 is 0 Å². The summed E-state index contributed by atoms with van der Waals surface area (Å²) in [6, 6.07) is 18.6. The number of hydrogen-bond donors (Lipinski definition) is 0. The Kier molecular flexibility index (Phi) is 6.97. The number of amides is 1. The Hall–Kier alpha value is -1.98. The molecule has 0 aliphatic carbocycles. The zero-order valence-corrected chi connectivity index (χ0v) is 16.1. The molecule has 138 valence electrons. The lowest BCUT2D eigenvalue weighted by Gasteiger charge is -2.34. The molecule has 1 aliphatic heterocycles. The SMILES string of the molecule is COc1ccc(CSCC(=O)N2CCN(Cc3ccccc3)CC2)cc1. The molecule has 0 spiro atoms. The number of thioether (sulfide) groups is 1. The van der Waals surface area contributed by atoms with Crippen molar-refractivity contribution in [2.75, 3.05) is 39.0 Å². The highest BCUT2D eigenvalue weighted by Gasteiger charge is 2.20. The molecule has 0 aromatic heterocycles. The van der Waals surface area contributed by atoms with Gasteiger partial charge in [0.05, 0.1) is 12.9 Å². The molecule has 1 aliphatic rings. The number of carbonyl (C=O) groups excluding carboxylic acids is 1. The Morgan fingerprint density at radius 2 is 1.65 bits per heavy atom. The molecule has 3 rings (SSSR count). The van der Waals surface area contributed by atoms with E-state index in [2.05, 4.69) is 41.3 Å². The third-order valence-electron chi connectivity index (χ3n) is 4.63. The van der Waals surface area contributed by atoms with Crippen molar-refractivity contribution in [2.45, 2.75) is 12.3 Å². The van der Waals surface area contributed by atoms with E-state index in [4.69, 9.17) is 4.74 Å². The van der Waals surface area contributed by atoms with Crippen molar-refractivity contribution in [3.8, 4) is 5.75 Å². The van der Waals surface area contributed by atoms with Crippen LogP contribution in [0.2, 0.25) is 0 Å². The molecule has 0 bridgehead atoms. The van der Waals surface area contributed by atoms with Gasteiger partial charge in [0, 0.05) is 38.5 Å². The summed E-state index contributed by atoms with van der Waals surface area (Å²) in [6.07, 6.45) is 0.